The van der Waals surface area contributed by atoms with Crippen molar-refractivity contribution in [2.24, 2.45) is 0 Å². The van der Waals surface area contributed by atoms with Gasteiger partial charge in [0.2, 0.25) is 5.91 Å². The van der Waals surface area contributed by atoms with Crippen LogP contribution in [0.25, 0.3) is 0 Å². The lowest BCUT2D eigenvalue weighted by Gasteiger charge is -2.22. The molecular formula is C13H26NO4P. The third-order valence-electron chi connectivity index (χ3n) is 3.08. The summed E-state index contributed by atoms with van der Waals surface area (Å²) < 4.78 is 1.04. The minimum atomic E-state index is -1.19. The first-order chi connectivity index (χ1) is 9.04. The van der Waals surface area contributed by atoms with Gasteiger partial charge >= 0.3 is 5.97 Å². The Morgan fingerprint density at radius 1 is 1.11 bits per heavy atom. The van der Waals surface area contributed by atoms with E-state index in [1.54, 1.807) is 0 Å². The van der Waals surface area contributed by atoms with Crippen LogP contribution in [-0.4, -0.2) is 39.4 Å². The minimum absolute atomic E-state index is 0.250. The van der Waals surface area contributed by atoms with Crippen molar-refractivity contribution in [2.45, 2.75) is 64.3 Å². The Labute approximate surface area is 117 Å². The molecule has 19 heavy (non-hydrogen) atoms. The molecule has 2 unspecified atom stereocenters. The molecule has 6 heteroatoms. The zero-order valence-corrected chi connectivity index (χ0v) is 12.8. The predicted octanol–water partition coefficient (Wildman–Crippen LogP) is 2.19. The van der Waals surface area contributed by atoms with E-state index in [9.17, 15) is 9.59 Å². The van der Waals surface area contributed by atoms with Gasteiger partial charge in [-0.15, -0.1) is 0 Å². The van der Waals surface area contributed by atoms with Crippen LogP contribution in [0.3, 0.4) is 0 Å². The fourth-order valence-electron chi connectivity index (χ4n) is 1.82. The smallest absolute Gasteiger partial charge is 0.329 e. The van der Waals surface area contributed by atoms with E-state index in [-0.39, 0.29) is 5.91 Å². The van der Waals surface area contributed by atoms with E-state index >= 15 is 0 Å². The second-order valence-corrected chi connectivity index (χ2v) is 5.27. The summed E-state index contributed by atoms with van der Waals surface area (Å²) in [6, 6.07) is -1.16. The molecule has 0 aromatic rings. The first kappa shape index (κ1) is 18.3. The first-order valence-corrected chi connectivity index (χ1v) is 7.46. The van der Waals surface area contributed by atoms with Gasteiger partial charge in [-0.2, -0.15) is 0 Å². The Morgan fingerprint density at radius 2 is 1.63 bits per heavy atom. The van der Waals surface area contributed by atoms with Crippen molar-refractivity contribution in [3.05, 3.63) is 0 Å². The van der Waals surface area contributed by atoms with Crippen LogP contribution < -0.4 is 0 Å². The zero-order valence-electron chi connectivity index (χ0n) is 11.7. The number of hydrogen-bond acceptors (Lipinski definition) is 3. The minimum Gasteiger partial charge on any atom is -0.480 e. The van der Waals surface area contributed by atoms with Crippen molar-refractivity contribution in [3.8, 4) is 0 Å². The molecule has 0 aromatic heterocycles. The van der Waals surface area contributed by atoms with Crippen LogP contribution in [0.5, 0.6) is 0 Å². The highest BCUT2D eigenvalue weighted by atomic mass is 31.0. The molecule has 0 aromatic carbocycles. The Kier molecular flexibility index (Phi) is 10.8. The summed E-state index contributed by atoms with van der Waals surface area (Å²) in [5.41, 5.74) is 0. The molecule has 1 amide bonds. The van der Waals surface area contributed by atoms with E-state index in [1.807, 2.05) is 0 Å². The predicted molar refractivity (Wildman–Crippen MR) is 77.7 cm³/mol. The van der Waals surface area contributed by atoms with Gasteiger partial charge in [0.05, 0.1) is 6.61 Å². The summed E-state index contributed by atoms with van der Waals surface area (Å²) in [6.45, 7) is 1.60. The molecule has 0 spiro atoms. The normalized spacial score (nSPS) is 12.2. The SMILES string of the molecule is CCCCCCCCCC(=O)N(P)C(CO)C(=O)O. The van der Waals surface area contributed by atoms with Gasteiger partial charge in [0.15, 0.2) is 6.04 Å². The second kappa shape index (κ2) is 11.2. The lowest BCUT2D eigenvalue weighted by molar-refractivity contribution is -0.147. The van der Waals surface area contributed by atoms with Crippen LogP contribution in [0.2, 0.25) is 0 Å². The molecule has 112 valence electrons. The van der Waals surface area contributed by atoms with Gasteiger partial charge in [0.1, 0.15) is 0 Å². The van der Waals surface area contributed by atoms with Gasteiger partial charge in [-0.05, 0) is 15.8 Å². The number of aliphatic carboxylic acids is 1. The summed E-state index contributed by atoms with van der Waals surface area (Å²) in [4.78, 5) is 22.5. The number of carbonyl (C=O) groups excluding carboxylic acids is 1. The molecule has 0 heterocycles. The summed E-state index contributed by atoms with van der Waals surface area (Å²) in [5.74, 6) is -1.44. The second-order valence-electron chi connectivity index (χ2n) is 4.71. The van der Waals surface area contributed by atoms with Crippen molar-refractivity contribution in [3.63, 3.8) is 0 Å². The number of carboxylic acids is 1. The van der Waals surface area contributed by atoms with Crippen LogP contribution in [0.1, 0.15) is 58.3 Å². The van der Waals surface area contributed by atoms with Crippen LogP contribution in [0.4, 0.5) is 0 Å². The molecular weight excluding hydrogens is 265 g/mol. The monoisotopic (exact) mass is 291 g/mol. The number of aliphatic hydroxyl groups excluding tert-OH is 1. The lowest BCUT2D eigenvalue weighted by Crippen LogP contribution is -2.41. The highest BCUT2D eigenvalue weighted by Gasteiger charge is 2.25. The molecule has 2 atom stereocenters. The molecule has 0 saturated heterocycles. The molecule has 0 radical (unpaired) electrons. The number of unbranched alkanes of at least 4 members (excludes halogenated alkanes) is 6. The third-order valence-corrected chi connectivity index (χ3v) is 3.72. The first-order valence-electron chi connectivity index (χ1n) is 6.95. The number of nitrogens with zero attached hydrogens (tertiary/aromatic N) is 1. The topological polar surface area (TPSA) is 77.8 Å². The molecule has 0 saturated carbocycles. The van der Waals surface area contributed by atoms with Gasteiger partial charge in [0.25, 0.3) is 0 Å². The number of carbonyl (C=O) groups is 2. The van der Waals surface area contributed by atoms with Crippen molar-refractivity contribution < 1.29 is 19.8 Å². The Hall–Kier alpha value is -0.670. The van der Waals surface area contributed by atoms with Crippen LogP contribution in [-0.2, 0) is 9.59 Å². The lowest BCUT2D eigenvalue weighted by atomic mass is 10.1. The van der Waals surface area contributed by atoms with Gasteiger partial charge in [-0.25, -0.2) is 4.79 Å². The van der Waals surface area contributed by atoms with E-state index in [4.69, 9.17) is 10.2 Å². The zero-order chi connectivity index (χ0) is 14.7. The summed E-state index contributed by atoms with van der Waals surface area (Å²) in [5, 5.41) is 17.7. The molecule has 0 rings (SSSR count). The number of aliphatic hydroxyl groups is 1. The summed E-state index contributed by atoms with van der Waals surface area (Å²) in [7, 11) is 2.09. The number of rotatable bonds is 11. The van der Waals surface area contributed by atoms with Gasteiger partial charge < -0.3 is 14.9 Å². The van der Waals surface area contributed by atoms with E-state index < -0.39 is 18.6 Å². The highest BCUT2D eigenvalue weighted by molar-refractivity contribution is 7.14. The highest BCUT2D eigenvalue weighted by Crippen LogP contribution is 2.13. The van der Waals surface area contributed by atoms with Gasteiger partial charge in [-0.1, -0.05) is 45.4 Å². The van der Waals surface area contributed by atoms with E-state index in [2.05, 4.69) is 16.3 Å². The van der Waals surface area contributed by atoms with E-state index in [0.29, 0.717) is 6.42 Å². The molecule has 0 bridgehead atoms. The van der Waals surface area contributed by atoms with Gasteiger partial charge in [0, 0.05) is 6.42 Å². The van der Waals surface area contributed by atoms with Crippen molar-refractivity contribution >= 4 is 21.3 Å². The quantitative estimate of drug-likeness (QED) is 0.452. The third kappa shape index (κ3) is 8.17. The molecule has 0 fully saturated rings. The average Bonchev–Trinajstić information content (AvgIpc) is 2.37. The van der Waals surface area contributed by atoms with Crippen molar-refractivity contribution in [1.82, 2.24) is 4.67 Å². The van der Waals surface area contributed by atoms with Crippen LogP contribution in [0.15, 0.2) is 0 Å². The average molecular weight is 291 g/mol. The Balaban J connectivity index is 3.76. The fraction of sp³-hybridized carbons (Fsp3) is 0.846. The van der Waals surface area contributed by atoms with Crippen LogP contribution in [0, 0.1) is 0 Å². The van der Waals surface area contributed by atoms with Crippen molar-refractivity contribution in [1.29, 1.82) is 0 Å². The summed E-state index contributed by atoms with van der Waals surface area (Å²) >= 11 is 0. The number of hydrogen-bond donors (Lipinski definition) is 2. The number of carboxylic acid groups (broad SMARTS) is 1. The number of amides is 1. The maximum Gasteiger partial charge on any atom is 0.329 e. The largest absolute Gasteiger partial charge is 0.480 e. The fourth-order valence-corrected chi connectivity index (χ4v) is 2.17. The molecule has 0 aliphatic heterocycles. The van der Waals surface area contributed by atoms with Crippen molar-refractivity contribution in [2.75, 3.05) is 6.61 Å². The maximum atomic E-state index is 11.7. The Morgan fingerprint density at radius 3 is 2.11 bits per heavy atom. The van der Waals surface area contributed by atoms with E-state index in [0.717, 1.165) is 23.9 Å². The van der Waals surface area contributed by atoms with Crippen LogP contribution >= 0.6 is 9.39 Å². The molecule has 0 aliphatic carbocycles. The standard InChI is InChI=1S/C13H26NO4P/c1-2-3-4-5-6-7-8-9-12(16)14(19)11(10-15)13(17)18/h11,15H,2-10,19H2,1H3,(H,17,18). The molecule has 5 nitrogen and oxygen atoms in total. The Bertz CT molecular complexity index is 273. The molecule has 2 N–H and O–H groups in total. The van der Waals surface area contributed by atoms with Gasteiger partial charge in [-0.3, -0.25) is 4.79 Å². The maximum absolute atomic E-state index is 11.7. The van der Waals surface area contributed by atoms with E-state index in [1.165, 1.54) is 25.7 Å². The summed E-state index contributed by atoms with van der Waals surface area (Å²) in [6.07, 6.45) is 8.13. The molecule has 0 aliphatic rings.